The zero-order chi connectivity index (χ0) is 21.5. The van der Waals surface area contributed by atoms with Gasteiger partial charge in [0.1, 0.15) is 11.6 Å². The van der Waals surface area contributed by atoms with Crippen LogP contribution in [0.5, 0.6) is 5.75 Å². The van der Waals surface area contributed by atoms with Gasteiger partial charge in [0.2, 0.25) is 0 Å². The first kappa shape index (κ1) is 20.9. The van der Waals surface area contributed by atoms with Crippen LogP contribution in [0.25, 0.3) is 0 Å². The zero-order valence-electron chi connectivity index (χ0n) is 15.8. The van der Waals surface area contributed by atoms with Crippen LogP contribution in [0.3, 0.4) is 0 Å². The van der Waals surface area contributed by atoms with Crippen LogP contribution in [-0.4, -0.2) is 34.6 Å². The van der Waals surface area contributed by atoms with Crippen LogP contribution in [0.4, 0.5) is 4.39 Å². The Morgan fingerprint density at radius 2 is 1.70 bits per heavy atom. The summed E-state index contributed by atoms with van der Waals surface area (Å²) in [6.07, 6.45) is 0.469. The highest BCUT2D eigenvalue weighted by atomic mass is 35.5. The number of rotatable bonds is 7. The number of carbonyl (C=O) groups excluding carboxylic acids is 2. The molecule has 6 nitrogen and oxygen atoms in total. The molecule has 0 aliphatic heterocycles. The average molecular weight is 453 g/mol. The van der Waals surface area contributed by atoms with E-state index in [2.05, 4.69) is 10.6 Å². The number of aliphatic hydroxyl groups excluding tert-OH is 1. The molecule has 3 fully saturated rings. The molecule has 2 amide bonds. The third-order valence-corrected chi connectivity index (χ3v) is 6.08. The Kier molecular flexibility index (Phi) is 5.38. The summed E-state index contributed by atoms with van der Waals surface area (Å²) < 4.78 is 18.7. The van der Waals surface area contributed by atoms with Crippen molar-refractivity contribution in [1.29, 1.82) is 0 Å². The summed E-state index contributed by atoms with van der Waals surface area (Å²) in [5, 5.41) is 16.5. The summed E-state index contributed by atoms with van der Waals surface area (Å²) in [4.78, 5) is 24.5. The molecule has 3 aliphatic carbocycles. The number of benzene rings is 2. The number of nitrogens with one attached hydrogen (secondary N) is 2. The number of ether oxygens (including phenoxy) is 1. The van der Waals surface area contributed by atoms with E-state index in [1.165, 1.54) is 12.1 Å². The second-order valence-corrected chi connectivity index (χ2v) is 8.79. The first-order valence-corrected chi connectivity index (χ1v) is 10.1. The van der Waals surface area contributed by atoms with E-state index < -0.39 is 23.4 Å². The van der Waals surface area contributed by atoms with Gasteiger partial charge < -0.3 is 20.5 Å². The number of halogens is 3. The summed E-state index contributed by atoms with van der Waals surface area (Å²) in [6.45, 7) is -0.253. The van der Waals surface area contributed by atoms with Crippen molar-refractivity contribution in [2.45, 2.75) is 36.4 Å². The minimum Gasteiger partial charge on any atom is -0.484 e. The van der Waals surface area contributed by atoms with Crippen molar-refractivity contribution in [2.75, 3.05) is 6.61 Å². The molecule has 158 valence electrons. The van der Waals surface area contributed by atoms with Crippen LogP contribution in [0.2, 0.25) is 10.0 Å². The normalized spacial score (nSPS) is 24.8. The predicted octanol–water partition coefficient (Wildman–Crippen LogP) is 3.15. The largest absolute Gasteiger partial charge is 0.484 e. The Balaban J connectivity index is 1.23. The van der Waals surface area contributed by atoms with Crippen LogP contribution in [-0.2, 0) is 9.59 Å². The van der Waals surface area contributed by atoms with Gasteiger partial charge in [0.25, 0.3) is 11.8 Å². The maximum Gasteiger partial charge on any atom is 0.258 e. The molecule has 0 aromatic heterocycles. The van der Waals surface area contributed by atoms with Gasteiger partial charge in [0.15, 0.2) is 12.7 Å². The highest BCUT2D eigenvalue weighted by Gasteiger charge is 2.69. The van der Waals surface area contributed by atoms with E-state index in [-0.39, 0.29) is 28.8 Å². The third kappa shape index (κ3) is 4.10. The lowest BCUT2D eigenvalue weighted by Gasteiger charge is -2.70. The summed E-state index contributed by atoms with van der Waals surface area (Å²) in [5.41, 5.74) is -0.315. The van der Waals surface area contributed by atoms with E-state index in [0.29, 0.717) is 29.8 Å². The Bertz CT molecular complexity index is 979. The van der Waals surface area contributed by atoms with Gasteiger partial charge in [-0.3, -0.25) is 9.59 Å². The van der Waals surface area contributed by atoms with Crippen LogP contribution in [0.1, 0.15) is 30.9 Å². The Morgan fingerprint density at radius 3 is 2.33 bits per heavy atom. The molecule has 2 bridgehead atoms. The molecule has 9 heteroatoms. The Hall–Kier alpha value is -2.35. The molecule has 3 saturated carbocycles. The van der Waals surface area contributed by atoms with Crippen LogP contribution in [0, 0.1) is 5.82 Å². The van der Waals surface area contributed by atoms with Gasteiger partial charge in [0.05, 0.1) is 5.02 Å². The van der Waals surface area contributed by atoms with E-state index in [0.717, 1.165) is 6.07 Å². The molecule has 0 unspecified atom stereocenters. The van der Waals surface area contributed by atoms with E-state index in [1.807, 2.05) is 0 Å². The minimum atomic E-state index is -1.28. The number of amides is 2. The van der Waals surface area contributed by atoms with Crippen LogP contribution < -0.4 is 15.4 Å². The third-order valence-electron chi connectivity index (χ3n) is 5.52. The smallest absolute Gasteiger partial charge is 0.258 e. The first-order valence-electron chi connectivity index (χ1n) is 9.34. The molecule has 0 saturated heterocycles. The highest BCUT2D eigenvalue weighted by Crippen LogP contribution is 2.60. The molecule has 5 rings (SSSR count). The molecule has 1 atom stereocenters. The maximum absolute atomic E-state index is 13.4. The van der Waals surface area contributed by atoms with Crippen LogP contribution >= 0.6 is 23.2 Å². The van der Waals surface area contributed by atoms with Crippen molar-refractivity contribution in [2.24, 2.45) is 0 Å². The number of aliphatic hydroxyl groups is 1. The summed E-state index contributed by atoms with van der Waals surface area (Å²) >= 11 is 11.4. The molecule has 0 heterocycles. The van der Waals surface area contributed by atoms with Crippen molar-refractivity contribution >= 4 is 35.0 Å². The fraction of sp³-hybridized carbons (Fsp3) is 0.333. The Labute approximate surface area is 182 Å². The summed E-state index contributed by atoms with van der Waals surface area (Å²) in [7, 11) is 0. The second kappa shape index (κ2) is 7.72. The van der Waals surface area contributed by atoms with Gasteiger partial charge in [-0.15, -0.1) is 0 Å². The minimum absolute atomic E-state index is 0.0193. The first-order chi connectivity index (χ1) is 14.2. The van der Waals surface area contributed by atoms with Crippen LogP contribution in [0.15, 0.2) is 42.5 Å². The van der Waals surface area contributed by atoms with Crippen molar-refractivity contribution in [1.82, 2.24) is 10.6 Å². The van der Waals surface area contributed by atoms with Gasteiger partial charge >= 0.3 is 0 Å². The molecular formula is C21H19Cl2FN2O4. The van der Waals surface area contributed by atoms with Crippen molar-refractivity contribution in [3.63, 3.8) is 0 Å². The number of carbonyl (C=O) groups is 2. The fourth-order valence-electron chi connectivity index (χ4n) is 4.23. The average Bonchev–Trinajstić information content (AvgIpc) is 2.66. The van der Waals surface area contributed by atoms with Crippen molar-refractivity contribution in [3.05, 3.63) is 63.9 Å². The van der Waals surface area contributed by atoms with Gasteiger partial charge in [-0.25, -0.2) is 4.39 Å². The van der Waals surface area contributed by atoms with Crippen molar-refractivity contribution in [3.8, 4) is 5.75 Å². The summed E-state index contributed by atoms with van der Waals surface area (Å²) in [5.74, 6) is -1.21. The van der Waals surface area contributed by atoms with Gasteiger partial charge in [0, 0.05) is 22.2 Å². The van der Waals surface area contributed by atoms with E-state index in [9.17, 15) is 19.1 Å². The lowest BCUT2D eigenvalue weighted by atomic mass is 9.44. The SMILES string of the molecule is O=C(COc1ccc(Cl)c(F)c1)NC12CC(NC(=O)[C@@H](O)c3ccc(Cl)cc3)(C1)C2. The lowest BCUT2D eigenvalue weighted by Crippen LogP contribution is -2.84. The topological polar surface area (TPSA) is 87.7 Å². The predicted molar refractivity (Wildman–Crippen MR) is 109 cm³/mol. The maximum atomic E-state index is 13.4. The number of hydrogen-bond donors (Lipinski definition) is 3. The monoisotopic (exact) mass is 452 g/mol. The molecule has 0 spiro atoms. The highest BCUT2D eigenvalue weighted by molar-refractivity contribution is 6.31. The van der Waals surface area contributed by atoms with Gasteiger partial charge in [-0.1, -0.05) is 35.3 Å². The zero-order valence-corrected chi connectivity index (χ0v) is 17.3. The molecule has 0 radical (unpaired) electrons. The van der Waals surface area contributed by atoms with E-state index in [4.69, 9.17) is 27.9 Å². The Morgan fingerprint density at radius 1 is 1.07 bits per heavy atom. The second-order valence-electron chi connectivity index (χ2n) is 7.95. The van der Waals surface area contributed by atoms with E-state index >= 15 is 0 Å². The molecule has 2 aromatic rings. The molecule has 3 aliphatic rings. The van der Waals surface area contributed by atoms with Crippen molar-refractivity contribution < 1.29 is 23.8 Å². The molecule has 30 heavy (non-hydrogen) atoms. The van der Waals surface area contributed by atoms with E-state index in [1.54, 1.807) is 24.3 Å². The lowest BCUT2D eigenvalue weighted by molar-refractivity contribution is -0.154. The summed E-state index contributed by atoms with van der Waals surface area (Å²) in [6, 6.07) is 10.4. The van der Waals surface area contributed by atoms with Gasteiger partial charge in [-0.05, 0) is 49.1 Å². The molecule has 2 aromatic carbocycles. The standard InChI is InChI=1S/C21H19Cl2FN2O4/c22-13-3-1-12(2-4-13)18(28)19(29)26-21-9-20(10-21,11-21)25-17(27)8-30-14-5-6-15(23)16(24)7-14/h1-7,18,28H,8-11H2,(H,25,27)(H,26,29)/t18-,20?,21?/m0/s1. The number of hydrogen-bond acceptors (Lipinski definition) is 4. The van der Waals surface area contributed by atoms with Gasteiger partial charge in [-0.2, -0.15) is 0 Å². The fourth-order valence-corrected chi connectivity index (χ4v) is 4.47. The molecule has 3 N–H and O–H groups in total. The quantitative estimate of drug-likeness (QED) is 0.601. The molecular weight excluding hydrogens is 434 g/mol.